The van der Waals surface area contributed by atoms with Gasteiger partial charge in [-0.2, -0.15) is 13.2 Å². The quantitative estimate of drug-likeness (QED) is 0.818. The topological polar surface area (TPSA) is 29.1 Å². The highest BCUT2D eigenvalue weighted by Crippen LogP contribution is 2.32. The van der Waals surface area contributed by atoms with Crippen LogP contribution in [-0.4, -0.2) is 5.91 Å². The van der Waals surface area contributed by atoms with Gasteiger partial charge in [0.2, 0.25) is 0 Å². The second-order valence-electron chi connectivity index (χ2n) is 4.46. The Morgan fingerprint density at radius 3 is 2.38 bits per heavy atom. The molecular formula is C15H11F4NO. The molecule has 0 aliphatic carbocycles. The molecule has 0 heterocycles. The Morgan fingerprint density at radius 2 is 1.76 bits per heavy atom. The second-order valence-corrected chi connectivity index (χ2v) is 4.46. The van der Waals surface area contributed by atoms with Gasteiger partial charge in [0, 0.05) is 5.69 Å². The summed E-state index contributed by atoms with van der Waals surface area (Å²) >= 11 is 0. The molecule has 1 N–H and O–H groups in total. The standard InChI is InChI=1S/C15H11F4NO/c1-9-6-7-10(15(17,18)19)8-13(9)20-14(21)11-4-2-3-5-12(11)16/h2-8H,1H3,(H,20,21). The Labute approximate surface area is 118 Å². The van der Waals surface area contributed by atoms with Gasteiger partial charge in [0.15, 0.2) is 0 Å². The molecule has 0 atom stereocenters. The molecule has 0 aliphatic rings. The Bertz CT molecular complexity index is 680. The zero-order chi connectivity index (χ0) is 15.6. The minimum absolute atomic E-state index is 0.00178. The van der Waals surface area contributed by atoms with Crippen LogP contribution in [0, 0.1) is 12.7 Å². The molecule has 0 aliphatic heterocycles. The summed E-state index contributed by atoms with van der Waals surface area (Å²) in [4.78, 5) is 11.9. The highest BCUT2D eigenvalue weighted by atomic mass is 19.4. The summed E-state index contributed by atoms with van der Waals surface area (Å²) in [5.74, 6) is -1.53. The molecule has 2 rings (SSSR count). The van der Waals surface area contributed by atoms with E-state index in [4.69, 9.17) is 0 Å². The Morgan fingerprint density at radius 1 is 1.10 bits per heavy atom. The van der Waals surface area contributed by atoms with E-state index < -0.39 is 23.5 Å². The minimum atomic E-state index is -4.51. The van der Waals surface area contributed by atoms with Gasteiger partial charge in [-0.3, -0.25) is 4.79 Å². The normalized spacial score (nSPS) is 11.3. The van der Waals surface area contributed by atoms with E-state index >= 15 is 0 Å². The Hall–Kier alpha value is -2.37. The van der Waals surface area contributed by atoms with Crippen molar-refractivity contribution in [2.24, 2.45) is 0 Å². The first kappa shape index (κ1) is 15.0. The maximum atomic E-state index is 13.5. The molecule has 0 radical (unpaired) electrons. The van der Waals surface area contributed by atoms with E-state index in [0.717, 1.165) is 18.2 Å². The third-order valence-corrected chi connectivity index (χ3v) is 2.93. The molecular weight excluding hydrogens is 286 g/mol. The smallest absolute Gasteiger partial charge is 0.322 e. The summed E-state index contributed by atoms with van der Waals surface area (Å²) < 4.78 is 51.4. The SMILES string of the molecule is Cc1ccc(C(F)(F)F)cc1NC(=O)c1ccccc1F. The van der Waals surface area contributed by atoms with Crippen LogP contribution in [0.25, 0.3) is 0 Å². The highest BCUT2D eigenvalue weighted by Gasteiger charge is 2.31. The average molecular weight is 297 g/mol. The zero-order valence-corrected chi connectivity index (χ0v) is 11.0. The van der Waals surface area contributed by atoms with Gasteiger partial charge in [-0.1, -0.05) is 18.2 Å². The number of anilines is 1. The van der Waals surface area contributed by atoms with Crippen molar-refractivity contribution in [1.29, 1.82) is 0 Å². The summed E-state index contributed by atoms with van der Waals surface area (Å²) in [6.45, 7) is 1.55. The van der Waals surface area contributed by atoms with Crippen LogP contribution in [0.1, 0.15) is 21.5 Å². The van der Waals surface area contributed by atoms with E-state index in [1.807, 2.05) is 0 Å². The predicted molar refractivity (Wildman–Crippen MR) is 70.5 cm³/mol. The summed E-state index contributed by atoms with van der Waals surface area (Å²) in [5, 5.41) is 2.30. The maximum Gasteiger partial charge on any atom is 0.416 e. The second kappa shape index (κ2) is 5.55. The van der Waals surface area contributed by atoms with Crippen LogP contribution < -0.4 is 5.32 Å². The number of aryl methyl sites for hydroxylation is 1. The number of carbonyl (C=O) groups excluding carboxylic acids is 1. The van der Waals surface area contributed by atoms with Gasteiger partial charge in [-0.15, -0.1) is 0 Å². The first-order chi connectivity index (χ1) is 9.79. The van der Waals surface area contributed by atoms with Crippen LogP contribution >= 0.6 is 0 Å². The number of amides is 1. The fraction of sp³-hybridized carbons (Fsp3) is 0.133. The van der Waals surface area contributed by atoms with Crippen LogP contribution in [0.4, 0.5) is 23.2 Å². The lowest BCUT2D eigenvalue weighted by molar-refractivity contribution is -0.137. The number of nitrogens with one attached hydrogen (secondary N) is 1. The van der Waals surface area contributed by atoms with Gasteiger partial charge >= 0.3 is 6.18 Å². The van der Waals surface area contributed by atoms with Crippen molar-refractivity contribution < 1.29 is 22.4 Å². The van der Waals surface area contributed by atoms with E-state index in [1.54, 1.807) is 6.92 Å². The van der Waals surface area contributed by atoms with Crippen molar-refractivity contribution in [3.63, 3.8) is 0 Å². The van der Waals surface area contributed by atoms with Crippen molar-refractivity contribution in [3.8, 4) is 0 Å². The molecule has 1 amide bonds. The summed E-state index contributed by atoms with van der Waals surface area (Å²) in [6, 6.07) is 8.25. The molecule has 0 saturated carbocycles. The van der Waals surface area contributed by atoms with Gasteiger partial charge < -0.3 is 5.32 Å². The van der Waals surface area contributed by atoms with Crippen molar-refractivity contribution in [2.75, 3.05) is 5.32 Å². The van der Waals surface area contributed by atoms with Gasteiger partial charge in [0.1, 0.15) is 5.82 Å². The molecule has 0 aromatic heterocycles. The molecule has 2 aromatic carbocycles. The van der Waals surface area contributed by atoms with Gasteiger partial charge in [-0.25, -0.2) is 4.39 Å². The van der Waals surface area contributed by atoms with Crippen LogP contribution in [0.5, 0.6) is 0 Å². The average Bonchev–Trinajstić information content (AvgIpc) is 2.40. The van der Waals surface area contributed by atoms with Gasteiger partial charge in [0.05, 0.1) is 11.1 Å². The van der Waals surface area contributed by atoms with Crippen molar-refractivity contribution >= 4 is 11.6 Å². The van der Waals surface area contributed by atoms with E-state index in [1.165, 1.54) is 24.3 Å². The van der Waals surface area contributed by atoms with E-state index in [-0.39, 0.29) is 11.3 Å². The third-order valence-electron chi connectivity index (χ3n) is 2.93. The minimum Gasteiger partial charge on any atom is -0.322 e. The number of alkyl halides is 3. The number of hydrogen-bond donors (Lipinski definition) is 1. The summed E-state index contributed by atoms with van der Waals surface area (Å²) in [6.07, 6.45) is -4.51. The first-order valence-electron chi connectivity index (χ1n) is 6.03. The van der Waals surface area contributed by atoms with Crippen LogP contribution in [0.15, 0.2) is 42.5 Å². The predicted octanol–water partition coefficient (Wildman–Crippen LogP) is 4.41. The largest absolute Gasteiger partial charge is 0.416 e. The Kier molecular flexibility index (Phi) is 3.97. The van der Waals surface area contributed by atoms with E-state index in [2.05, 4.69) is 5.32 Å². The Balaban J connectivity index is 2.31. The lowest BCUT2D eigenvalue weighted by atomic mass is 10.1. The number of benzene rings is 2. The van der Waals surface area contributed by atoms with Crippen molar-refractivity contribution in [1.82, 2.24) is 0 Å². The number of halogens is 4. The maximum absolute atomic E-state index is 13.5. The monoisotopic (exact) mass is 297 g/mol. The molecule has 0 bridgehead atoms. The highest BCUT2D eigenvalue weighted by molar-refractivity contribution is 6.04. The van der Waals surface area contributed by atoms with E-state index in [9.17, 15) is 22.4 Å². The molecule has 6 heteroatoms. The number of rotatable bonds is 2. The lowest BCUT2D eigenvalue weighted by Gasteiger charge is -2.12. The third kappa shape index (κ3) is 3.39. The lowest BCUT2D eigenvalue weighted by Crippen LogP contribution is -2.15. The summed E-state index contributed by atoms with van der Waals surface area (Å²) in [5.41, 5.74) is -0.656. The molecule has 2 aromatic rings. The zero-order valence-electron chi connectivity index (χ0n) is 11.0. The van der Waals surface area contributed by atoms with Gasteiger partial charge in [0.25, 0.3) is 5.91 Å². The molecule has 0 unspecified atom stereocenters. The van der Waals surface area contributed by atoms with Crippen LogP contribution in [0.2, 0.25) is 0 Å². The molecule has 0 saturated heterocycles. The number of carbonyl (C=O) groups is 1. The molecule has 21 heavy (non-hydrogen) atoms. The fourth-order valence-corrected chi connectivity index (χ4v) is 1.77. The molecule has 2 nitrogen and oxygen atoms in total. The van der Waals surface area contributed by atoms with Crippen LogP contribution in [0.3, 0.4) is 0 Å². The van der Waals surface area contributed by atoms with Crippen LogP contribution in [-0.2, 0) is 6.18 Å². The van der Waals surface area contributed by atoms with Crippen molar-refractivity contribution in [2.45, 2.75) is 13.1 Å². The molecule has 110 valence electrons. The summed E-state index contributed by atoms with van der Waals surface area (Å²) in [7, 11) is 0. The fourth-order valence-electron chi connectivity index (χ4n) is 1.77. The molecule has 0 fully saturated rings. The van der Waals surface area contributed by atoms with E-state index in [0.29, 0.717) is 5.56 Å². The number of hydrogen-bond acceptors (Lipinski definition) is 1. The van der Waals surface area contributed by atoms with Crippen molar-refractivity contribution in [3.05, 3.63) is 65.0 Å². The van der Waals surface area contributed by atoms with Gasteiger partial charge in [-0.05, 0) is 36.8 Å². The molecule has 0 spiro atoms. The first-order valence-corrected chi connectivity index (χ1v) is 6.03.